The van der Waals surface area contributed by atoms with Gasteiger partial charge in [-0.05, 0) is 34.8 Å². The predicted molar refractivity (Wildman–Crippen MR) is 116 cm³/mol. The third-order valence-electron chi connectivity index (χ3n) is 4.06. The van der Waals surface area contributed by atoms with Crippen molar-refractivity contribution in [2.45, 2.75) is 26.2 Å². The highest BCUT2D eigenvalue weighted by Crippen LogP contribution is 2.25. The molecule has 0 fully saturated rings. The molecule has 0 amide bonds. The topological polar surface area (TPSA) is 46.0 Å². The lowest BCUT2D eigenvalue weighted by Gasteiger charge is -2.18. The molecular weight excluding hydrogens is 376 g/mol. The predicted octanol–water partition coefficient (Wildman–Crippen LogP) is 6.02. The lowest BCUT2D eigenvalue weighted by Crippen LogP contribution is -2.10. The summed E-state index contributed by atoms with van der Waals surface area (Å²) in [6, 6.07) is 18.1. The fraction of sp³-hybridized carbons (Fsp3) is 0.190. The van der Waals surface area contributed by atoms with Crippen molar-refractivity contribution in [1.82, 2.24) is 14.9 Å². The Balaban J connectivity index is 1.89. The first kappa shape index (κ1) is 19.3. The highest BCUT2D eigenvalue weighted by molar-refractivity contribution is 7.71. The second-order valence-electron chi connectivity index (χ2n) is 7.18. The van der Waals surface area contributed by atoms with Gasteiger partial charge < -0.3 is 0 Å². The molecule has 1 N–H and O–H groups in total. The van der Waals surface area contributed by atoms with E-state index in [0.717, 1.165) is 11.1 Å². The Kier molecular flexibility index (Phi) is 5.73. The fourth-order valence-electron chi connectivity index (χ4n) is 2.56. The molecule has 0 atom stereocenters. The van der Waals surface area contributed by atoms with E-state index in [2.05, 4.69) is 48.2 Å². The summed E-state index contributed by atoms with van der Waals surface area (Å²) in [7, 11) is 0. The van der Waals surface area contributed by atoms with Gasteiger partial charge >= 0.3 is 0 Å². The van der Waals surface area contributed by atoms with Crippen molar-refractivity contribution in [2.24, 2.45) is 5.10 Å². The number of rotatable bonds is 4. The Morgan fingerprint density at radius 2 is 1.78 bits per heavy atom. The number of allylic oxidation sites excluding steroid dienone is 1. The average molecular weight is 397 g/mol. The maximum atomic E-state index is 6.29. The minimum absolute atomic E-state index is 0.0944. The normalized spacial score (nSPS) is 12.7. The quantitative estimate of drug-likeness (QED) is 0.433. The molecule has 2 aromatic carbocycles. The Hall–Kier alpha value is -2.50. The lowest BCUT2D eigenvalue weighted by atomic mass is 9.87. The van der Waals surface area contributed by atoms with Crippen LogP contribution >= 0.6 is 23.8 Å². The number of nitrogens with zero attached hydrogens (tertiary/aromatic N) is 3. The van der Waals surface area contributed by atoms with Crippen molar-refractivity contribution < 1.29 is 0 Å². The molecule has 0 aliphatic rings. The molecule has 27 heavy (non-hydrogen) atoms. The summed E-state index contributed by atoms with van der Waals surface area (Å²) >= 11 is 11.6. The van der Waals surface area contributed by atoms with E-state index in [1.54, 1.807) is 10.9 Å². The van der Waals surface area contributed by atoms with Gasteiger partial charge in [-0.1, -0.05) is 87.0 Å². The molecule has 1 heterocycles. The number of aromatic amines is 1. The van der Waals surface area contributed by atoms with Crippen LogP contribution in [0.5, 0.6) is 0 Å². The van der Waals surface area contributed by atoms with Crippen LogP contribution in [0.4, 0.5) is 0 Å². The van der Waals surface area contributed by atoms with Gasteiger partial charge in [-0.25, -0.2) is 5.10 Å². The van der Waals surface area contributed by atoms with E-state index in [9.17, 15) is 0 Å². The van der Waals surface area contributed by atoms with Crippen molar-refractivity contribution in [1.29, 1.82) is 0 Å². The van der Waals surface area contributed by atoms with E-state index < -0.39 is 0 Å². The smallest absolute Gasteiger partial charge is 0.216 e. The third-order valence-corrected chi connectivity index (χ3v) is 4.53. The molecule has 1 aromatic heterocycles. The summed E-state index contributed by atoms with van der Waals surface area (Å²) in [5.74, 6) is 0.640. The molecule has 0 saturated heterocycles. The Bertz CT molecular complexity index is 1020. The molecule has 6 heteroatoms. The summed E-state index contributed by atoms with van der Waals surface area (Å²) < 4.78 is 1.98. The molecule has 0 radical (unpaired) electrons. The molecule has 4 nitrogen and oxygen atoms in total. The van der Waals surface area contributed by atoms with Crippen molar-refractivity contribution in [3.05, 3.63) is 75.5 Å². The third kappa shape index (κ3) is 4.81. The maximum absolute atomic E-state index is 6.29. The van der Waals surface area contributed by atoms with Crippen molar-refractivity contribution >= 4 is 36.1 Å². The summed E-state index contributed by atoms with van der Waals surface area (Å²) in [5.41, 5.74) is 3.28. The summed E-state index contributed by atoms with van der Waals surface area (Å²) in [5, 5.41) is 12.0. The van der Waals surface area contributed by atoms with Crippen molar-refractivity contribution in [3.8, 4) is 11.4 Å². The van der Waals surface area contributed by atoms with Gasteiger partial charge in [-0.2, -0.15) is 14.9 Å². The number of hydrogen-bond donors (Lipinski definition) is 1. The zero-order chi connectivity index (χ0) is 19.4. The first-order valence-corrected chi connectivity index (χ1v) is 9.38. The van der Waals surface area contributed by atoms with Crippen LogP contribution in [0.15, 0.2) is 64.7 Å². The second-order valence-corrected chi connectivity index (χ2v) is 8.00. The summed E-state index contributed by atoms with van der Waals surface area (Å²) in [4.78, 5) is 0. The van der Waals surface area contributed by atoms with E-state index in [1.165, 1.54) is 5.56 Å². The van der Waals surface area contributed by atoms with Crippen LogP contribution < -0.4 is 0 Å². The monoisotopic (exact) mass is 396 g/mol. The molecule has 0 aliphatic carbocycles. The highest BCUT2D eigenvalue weighted by atomic mass is 35.5. The standard InChI is InChI=1S/C21H21ClN4S/c1-21(2,3)17-11-9-16(10-12-17)19-24-25-20(27)26(19)23-14-18(22)13-15-7-5-4-6-8-15/h4-14H,1-3H3,(H,25,27)/b18-13+,23-14+. The van der Waals surface area contributed by atoms with Gasteiger partial charge in [-0.15, -0.1) is 0 Å². The SMILES string of the molecule is CC(C)(C)c1ccc(-c2n[nH]c(=S)n2/N=C/C(Cl)=C\c2ccccc2)cc1. The number of benzene rings is 2. The number of halogens is 1. The Morgan fingerprint density at radius 3 is 2.41 bits per heavy atom. The van der Waals surface area contributed by atoms with Gasteiger partial charge in [-0.3, -0.25) is 0 Å². The zero-order valence-corrected chi connectivity index (χ0v) is 17.1. The van der Waals surface area contributed by atoms with Gasteiger partial charge in [0.15, 0.2) is 5.82 Å². The average Bonchev–Trinajstić information content (AvgIpc) is 3.01. The van der Waals surface area contributed by atoms with Gasteiger partial charge in [0.05, 0.1) is 11.2 Å². The second kappa shape index (κ2) is 8.03. The van der Waals surface area contributed by atoms with Gasteiger partial charge in [0.1, 0.15) is 0 Å². The van der Waals surface area contributed by atoms with Crippen LogP contribution in [0.3, 0.4) is 0 Å². The number of H-pyrrole nitrogens is 1. The van der Waals surface area contributed by atoms with Crippen molar-refractivity contribution in [2.75, 3.05) is 0 Å². The molecule has 138 valence electrons. The fourth-order valence-corrected chi connectivity index (χ4v) is 2.91. The molecule has 0 unspecified atom stereocenters. The molecule has 3 rings (SSSR count). The van der Waals surface area contributed by atoms with E-state index in [0.29, 0.717) is 15.6 Å². The summed E-state index contributed by atoms with van der Waals surface area (Å²) in [6.45, 7) is 6.55. The van der Waals surface area contributed by atoms with E-state index in [-0.39, 0.29) is 5.41 Å². The van der Waals surface area contributed by atoms with Crippen LogP contribution in [-0.2, 0) is 5.41 Å². The maximum Gasteiger partial charge on any atom is 0.216 e. The zero-order valence-electron chi connectivity index (χ0n) is 15.5. The minimum Gasteiger partial charge on any atom is -0.250 e. The first-order chi connectivity index (χ1) is 12.8. The Labute approximate surface area is 169 Å². The van der Waals surface area contributed by atoms with E-state index >= 15 is 0 Å². The first-order valence-electron chi connectivity index (χ1n) is 8.59. The van der Waals surface area contributed by atoms with E-state index in [4.69, 9.17) is 23.8 Å². The largest absolute Gasteiger partial charge is 0.250 e. The minimum atomic E-state index is 0.0944. The molecule has 0 saturated carbocycles. The van der Waals surface area contributed by atoms with Gasteiger partial charge in [0.2, 0.25) is 4.77 Å². The van der Waals surface area contributed by atoms with E-state index in [1.807, 2.05) is 48.5 Å². The van der Waals surface area contributed by atoms with Crippen LogP contribution in [0.1, 0.15) is 31.9 Å². The van der Waals surface area contributed by atoms with Gasteiger partial charge in [0, 0.05) is 5.56 Å². The van der Waals surface area contributed by atoms with Gasteiger partial charge in [0.25, 0.3) is 0 Å². The lowest BCUT2D eigenvalue weighted by molar-refractivity contribution is 0.590. The van der Waals surface area contributed by atoms with Crippen LogP contribution in [0.25, 0.3) is 17.5 Å². The molecule has 3 aromatic rings. The summed E-state index contributed by atoms with van der Waals surface area (Å²) in [6.07, 6.45) is 3.40. The van der Waals surface area contributed by atoms with Crippen LogP contribution in [0, 0.1) is 4.77 Å². The number of hydrogen-bond acceptors (Lipinski definition) is 3. The Morgan fingerprint density at radius 1 is 1.11 bits per heavy atom. The van der Waals surface area contributed by atoms with Crippen LogP contribution in [0.2, 0.25) is 0 Å². The number of nitrogens with one attached hydrogen (secondary N) is 1. The molecule has 0 spiro atoms. The molecular formula is C21H21ClN4S. The number of aromatic nitrogens is 3. The van der Waals surface area contributed by atoms with Crippen molar-refractivity contribution in [3.63, 3.8) is 0 Å². The molecule has 0 aliphatic heterocycles. The molecule has 0 bridgehead atoms. The highest BCUT2D eigenvalue weighted by Gasteiger charge is 2.14. The van der Waals surface area contributed by atoms with Crippen LogP contribution in [-0.4, -0.2) is 21.1 Å².